The second kappa shape index (κ2) is 11.4. The van der Waals surface area contributed by atoms with E-state index in [1.165, 1.54) is 11.8 Å². The number of thioether (sulfide) groups is 1. The Kier molecular flexibility index (Phi) is 9.35. The van der Waals surface area contributed by atoms with Crippen LogP contribution in [0.3, 0.4) is 0 Å². The molecule has 0 bridgehead atoms. The van der Waals surface area contributed by atoms with E-state index >= 15 is 0 Å². The smallest absolute Gasteiger partial charge is 0.187 e. The number of hydrogen-bond acceptors (Lipinski definition) is 11. The molecule has 31 heavy (non-hydrogen) atoms. The average molecular weight is 574 g/mol. The number of benzene rings is 1. The summed E-state index contributed by atoms with van der Waals surface area (Å²) in [5, 5.41) is 70.2. The van der Waals surface area contributed by atoms with Gasteiger partial charge in [-0.2, -0.15) is 0 Å². The van der Waals surface area contributed by atoms with Gasteiger partial charge in [-0.05, 0) is 34.2 Å². The Labute approximate surface area is 196 Å². The largest absolute Gasteiger partial charge is 0.394 e. The van der Waals surface area contributed by atoms with Crippen LogP contribution < -0.4 is 0 Å². The third kappa shape index (κ3) is 5.70. The van der Waals surface area contributed by atoms with Gasteiger partial charge in [0.15, 0.2) is 6.29 Å². The molecule has 7 N–H and O–H groups in total. The van der Waals surface area contributed by atoms with E-state index in [0.29, 0.717) is 5.75 Å². The predicted molar refractivity (Wildman–Crippen MR) is 117 cm³/mol. The molecule has 2 saturated heterocycles. The summed E-state index contributed by atoms with van der Waals surface area (Å²) >= 11 is 3.46. The molecular formula is C19H27IO10S. The van der Waals surface area contributed by atoms with Gasteiger partial charge in [-0.1, -0.05) is 18.2 Å². The van der Waals surface area contributed by atoms with Gasteiger partial charge in [-0.25, -0.2) is 0 Å². The Morgan fingerprint density at radius 2 is 1.52 bits per heavy atom. The van der Waals surface area contributed by atoms with Crippen molar-refractivity contribution in [2.75, 3.05) is 13.2 Å². The monoisotopic (exact) mass is 574 g/mol. The molecule has 10 atom stereocenters. The lowest BCUT2D eigenvalue weighted by molar-refractivity contribution is -0.338. The summed E-state index contributed by atoms with van der Waals surface area (Å²) in [4.78, 5) is 0. The number of aliphatic hydroxyl groups is 7. The topological polar surface area (TPSA) is 169 Å². The van der Waals surface area contributed by atoms with Gasteiger partial charge in [-0.15, -0.1) is 11.8 Å². The fourth-order valence-corrected chi connectivity index (χ4v) is 5.49. The summed E-state index contributed by atoms with van der Waals surface area (Å²) in [7, 11) is 0. The maximum Gasteiger partial charge on any atom is 0.187 e. The molecule has 2 heterocycles. The van der Waals surface area contributed by atoms with Crippen molar-refractivity contribution >= 4 is 34.4 Å². The molecule has 176 valence electrons. The lowest BCUT2D eigenvalue weighted by Gasteiger charge is -2.46. The van der Waals surface area contributed by atoms with Crippen molar-refractivity contribution in [1.82, 2.24) is 0 Å². The number of aliphatic hydroxyl groups excluding tert-OH is 7. The molecule has 0 saturated carbocycles. The summed E-state index contributed by atoms with van der Waals surface area (Å²) in [5.41, 5.74) is 0.177. The predicted octanol–water partition coefficient (Wildman–Crippen LogP) is -1.85. The number of halogens is 1. The molecule has 0 amide bonds. The van der Waals surface area contributed by atoms with Gasteiger partial charge in [0, 0.05) is 9.32 Å². The van der Waals surface area contributed by atoms with Crippen molar-refractivity contribution < 1.29 is 50.0 Å². The van der Waals surface area contributed by atoms with Crippen LogP contribution in [0.1, 0.15) is 5.56 Å². The highest BCUT2D eigenvalue weighted by Gasteiger charge is 2.50. The lowest BCUT2D eigenvalue weighted by atomic mass is 9.97. The first kappa shape index (κ1) is 25.5. The Balaban J connectivity index is 1.67. The molecule has 1 aromatic carbocycles. The summed E-state index contributed by atoms with van der Waals surface area (Å²) in [6.07, 6.45) is -12.9. The minimum atomic E-state index is -1.69. The molecule has 12 heteroatoms. The van der Waals surface area contributed by atoms with Crippen LogP contribution >= 0.6 is 34.4 Å². The van der Waals surface area contributed by atoms with Gasteiger partial charge >= 0.3 is 0 Å². The van der Waals surface area contributed by atoms with Crippen LogP contribution in [0.25, 0.3) is 0 Å². The second-order valence-corrected chi connectivity index (χ2v) is 9.66. The van der Waals surface area contributed by atoms with Crippen molar-refractivity contribution in [3.8, 4) is 0 Å². The van der Waals surface area contributed by atoms with Crippen molar-refractivity contribution in [3.05, 3.63) is 33.4 Å². The van der Waals surface area contributed by atoms with E-state index in [-0.39, 0.29) is 0 Å². The molecule has 0 aliphatic carbocycles. The molecule has 2 aliphatic heterocycles. The third-order valence-corrected chi connectivity index (χ3v) is 7.57. The van der Waals surface area contributed by atoms with E-state index in [1.54, 1.807) is 0 Å². The summed E-state index contributed by atoms with van der Waals surface area (Å²) in [5.74, 6) is 0.504. The summed E-state index contributed by atoms with van der Waals surface area (Å²) in [6.45, 7) is -1.19. The zero-order chi connectivity index (χ0) is 22.7. The number of ether oxygens (including phenoxy) is 3. The first-order valence-electron chi connectivity index (χ1n) is 9.72. The summed E-state index contributed by atoms with van der Waals surface area (Å²) < 4.78 is 17.6. The quantitative estimate of drug-likeness (QED) is 0.183. The van der Waals surface area contributed by atoms with Crippen LogP contribution in [0.5, 0.6) is 0 Å². The highest BCUT2D eigenvalue weighted by atomic mass is 127. The van der Waals surface area contributed by atoms with Crippen LogP contribution in [-0.2, 0) is 20.0 Å². The second-order valence-electron chi connectivity index (χ2n) is 7.41. The van der Waals surface area contributed by atoms with Gasteiger partial charge in [-0.3, -0.25) is 0 Å². The van der Waals surface area contributed by atoms with E-state index in [0.717, 1.165) is 9.13 Å². The standard InChI is InChI=1S/C19H27IO10S/c20-9-4-2-1-3-8(9)7-31-19-16(27)14(25)17(11(6-22)29-19)30-18-15(26)13(24)12(23)10(5-21)28-18/h1-4,10-19,21-27H,5-7H2. The zero-order valence-corrected chi connectivity index (χ0v) is 19.3. The van der Waals surface area contributed by atoms with E-state index in [2.05, 4.69) is 22.6 Å². The van der Waals surface area contributed by atoms with Crippen LogP contribution in [-0.4, -0.2) is 110 Å². The molecule has 3 rings (SSSR count). The lowest BCUT2D eigenvalue weighted by Crippen LogP contribution is -2.64. The minimum absolute atomic E-state index is 0.504. The minimum Gasteiger partial charge on any atom is -0.394 e. The molecule has 0 spiro atoms. The first-order valence-corrected chi connectivity index (χ1v) is 11.8. The fraction of sp³-hybridized carbons (Fsp3) is 0.684. The van der Waals surface area contributed by atoms with Crippen molar-refractivity contribution in [3.63, 3.8) is 0 Å². The molecule has 10 unspecified atom stereocenters. The number of rotatable bonds is 7. The molecule has 2 fully saturated rings. The van der Waals surface area contributed by atoms with E-state index in [1.807, 2.05) is 24.3 Å². The first-order chi connectivity index (χ1) is 14.8. The molecule has 1 aromatic rings. The van der Waals surface area contributed by atoms with Crippen molar-refractivity contribution in [2.24, 2.45) is 0 Å². The molecule has 2 aliphatic rings. The molecular weight excluding hydrogens is 547 g/mol. The average Bonchev–Trinajstić information content (AvgIpc) is 2.77. The summed E-state index contributed by atoms with van der Waals surface area (Å²) in [6, 6.07) is 7.69. The van der Waals surface area contributed by atoms with Crippen molar-refractivity contribution in [2.45, 2.75) is 66.3 Å². The Morgan fingerprint density at radius 3 is 2.16 bits per heavy atom. The van der Waals surface area contributed by atoms with Gasteiger partial charge in [0.05, 0.1) is 13.2 Å². The Morgan fingerprint density at radius 1 is 0.839 bits per heavy atom. The normalized spacial score (nSPS) is 41.3. The van der Waals surface area contributed by atoms with Crippen LogP contribution in [0, 0.1) is 3.57 Å². The van der Waals surface area contributed by atoms with E-state index in [9.17, 15) is 35.7 Å². The molecule has 0 aromatic heterocycles. The highest BCUT2D eigenvalue weighted by molar-refractivity contribution is 14.1. The van der Waals surface area contributed by atoms with E-state index < -0.39 is 73.8 Å². The maximum atomic E-state index is 10.6. The highest BCUT2D eigenvalue weighted by Crippen LogP contribution is 2.34. The molecule has 10 nitrogen and oxygen atoms in total. The van der Waals surface area contributed by atoms with Gasteiger partial charge in [0.25, 0.3) is 0 Å². The Hall–Kier alpha value is -0.100. The molecule has 0 radical (unpaired) electrons. The maximum absolute atomic E-state index is 10.6. The Bertz CT molecular complexity index is 710. The zero-order valence-electron chi connectivity index (χ0n) is 16.3. The fourth-order valence-electron chi connectivity index (χ4n) is 3.48. The van der Waals surface area contributed by atoms with Crippen molar-refractivity contribution in [1.29, 1.82) is 0 Å². The van der Waals surface area contributed by atoms with E-state index in [4.69, 9.17) is 14.2 Å². The van der Waals surface area contributed by atoms with Gasteiger partial charge in [0.1, 0.15) is 54.3 Å². The van der Waals surface area contributed by atoms with Gasteiger partial charge in [0.2, 0.25) is 0 Å². The van der Waals surface area contributed by atoms with Crippen LogP contribution in [0.15, 0.2) is 24.3 Å². The third-order valence-electron chi connectivity index (χ3n) is 5.32. The SMILES string of the molecule is OCC1OC(OC2C(CO)OC(SCc3ccccc3I)C(O)C2O)C(O)C(O)C1O. The van der Waals surface area contributed by atoms with Crippen LogP contribution in [0.2, 0.25) is 0 Å². The number of hydrogen-bond donors (Lipinski definition) is 7. The van der Waals surface area contributed by atoms with Crippen LogP contribution in [0.4, 0.5) is 0 Å². The van der Waals surface area contributed by atoms with Gasteiger partial charge < -0.3 is 50.0 Å².